The summed E-state index contributed by atoms with van der Waals surface area (Å²) in [6.45, 7) is 3.88. The van der Waals surface area contributed by atoms with E-state index in [-0.39, 0.29) is 11.8 Å². The molecule has 0 radical (unpaired) electrons. The van der Waals surface area contributed by atoms with E-state index in [1.54, 1.807) is 12.1 Å². The van der Waals surface area contributed by atoms with Crippen molar-refractivity contribution in [3.63, 3.8) is 0 Å². The van der Waals surface area contributed by atoms with Crippen molar-refractivity contribution in [1.29, 1.82) is 0 Å². The minimum atomic E-state index is -0.691. The Labute approximate surface area is 215 Å². The van der Waals surface area contributed by atoms with Crippen LogP contribution in [0.25, 0.3) is 22.3 Å². The monoisotopic (exact) mass is 500 g/mol. The third kappa shape index (κ3) is 4.98. The van der Waals surface area contributed by atoms with Crippen molar-refractivity contribution in [3.8, 4) is 11.4 Å². The van der Waals surface area contributed by atoms with Gasteiger partial charge in [0.15, 0.2) is 5.82 Å². The van der Waals surface area contributed by atoms with Crippen molar-refractivity contribution in [2.45, 2.75) is 51.5 Å². The van der Waals surface area contributed by atoms with E-state index in [0.29, 0.717) is 23.7 Å². The van der Waals surface area contributed by atoms with E-state index in [9.17, 15) is 9.59 Å². The van der Waals surface area contributed by atoms with Crippen LogP contribution in [0.15, 0.2) is 42.6 Å². The lowest BCUT2D eigenvalue weighted by molar-refractivity contribution is -0.144. The Kier molecular flexibility index (Phi) is 6.78. The van der Waals surface area contributed by atoms with Gasteiger partial charge in [0, 0.05) is 30.0 Å². The molecule has 4 aromatic rings. The van der Waals surface area contributed by atoms with E-state index >= 15 is 0 Å². The molecule has 2 aromatic heterocycles. The first-order chi connectivity index (χ1) is 17.9. The summed E-state index contributed by atoms with van der Waals surface area (Å²) < 4.78 is 6.69. The van der Waals surface area contributed by atoms with Gasteiger partial charge in [0.25, 0.3) is 5.91 Å². The molecule has 1 saturated carbocycles. The summed E-state index contributed by atoms with van der Waals surface area (Å²) in [7, 11) is 3.23. The van der Waals surface area contributed by atoms with Gasteiger partial charge >= 0.3 is 5.97 Å². The number of amides is 1. The molecule has 0 bridgehead atoms. The Balaban J connectivity index is 1.34. The number of ether oxygens (including phenoxy) is 1. The SMILES string of the molecule is CC[C@@H](C)[C@H](NC(=O)c1ccc(-c2nc(Cc3ccc4[nH]ncc4c3C3CC3)n(C)n2)cc1)C(=O)OC. The van der Waals surface area contributed by atoms with Gasteiger partial charge in [-0.05, 0) is 54.0 Å². The molecule has 1 fully saturated rings. The fourth-order valence-electron chi connectivity index (χ4n) is 4.75. The quantitative estimate of drug-likeness (QED) is 0.334. The number of esters is 1. The maximum Gasteiger partial charge on any atom is 0.328 e. The van der Waals surface area contributed by atoms with Gasteiger partial charge in [0.2, 0.25) is 0 Å². The van der Waals surface area contributed by atoms with Gasteiger partial charge in [-0.25, -0.2) is 9.78 Å². The molecule has 5 rings (SSSR count). The van der Waals surface area contributed by atoms with Crippen LogP contribution in [0.5, 0.6) is 0 Å². The minimum Gasteiger partial charge on any atom is -0.467 e. The zero-order valence-electron chi connectivity index (χ0n) is 21.6. The van der Waals surface area contributed by atoms with Crippen LogP contribution in [-0.2, 0) is 23.0 Å². The van der Waals surface area contributed by atoms with Gasteiger partial charge in [-0.1, -0.05) is 38.5 Å². The van der Waals surface area contributed by atoms with Crippen molar-refractivity contribution in [2.75, 3.05) is 7.11 Å². The molecule has 1 aliphatic rings. The highest BCUT2D eigenvalue weighted by molar-refractivity contribution is 5.97. The fourth-order valence-corrected chi connectivity index (χ4v) is 4.75. The zero-order valence-corrected chi connectivity index (χ0v) is 21.6. The number of nitrogens with zero attached hydrogens (tertiary/aromatic N) is 4. The number of nitrogens with one attached hydrogen (secondary N) is 2. The van der Waals surface area contributed by atoms with Gasteiger partial charge in [0.05, 0.1) is 18.8 Å². The predicted molar refractivity (Wildman–Crippen MR) is 140 cm³/mol. The highest BCUT2D eigenvalue weighted by Crippen LogP contribution is 2.45. The maximum atomic E-state index is 12.8. The number of rotatable bonds is 9. The van der Waals surface area contributed by atoms with Crippen LogP contribution in [0.4, 0.5) is 0 Å². The molecular weight excluding hydrogens is 468 g/mol. The molecule has 2 atom stereocenters. The lowest BCUT2D eigenvalue weighted by Crippen LogP contribution is -2.45. The first-order valence-electron chi connectivity index (χ1n) is 12.7. The number of hydrogen-bond acceptors (Lipinski definition) is 6. The minimum absolute atomic E-state index is 0.0403. The number of hydrogen-bond donors (Lipinski definition) is 2. The van der Waals surface area contributed by atoms with E-state index in [1.165, 1.54) is 36.5 Å². The number of methoxy groups -OCH3 is 1. The van der Waals surface area contributed by atoms with E-state index in [4.69, 9.17) is 9.72 Å². The Hall–Kier alpha value is -4.01. The molecule has 0 saturated heterocycles. The van der Waals surface area contributed by atoms with Gasteiger partial charge < -0.3 is 10.1 Å². The second-order valence-corrected chi connectivity index (χ2v) is 9.83. The van der Waals surface area contributed by atoms with Crippen molar-refractivity contribution in [3.05, 3.63) is 65.1 Å². The van der Waals surface area contributed by atoms with E-state index in [2.05, 4.69) is 32.7 Å². The summed E-state index contributed by atoms with van der Waals surface area (Å²) >= 11 is 0. The molecule has 9 nitrogen and oxygen atoms in total. The number of aryl methyl sites for hydroxylation is 1. The number of H-pyrrole nitrogens is 1. The zero-order chi connectivity index (χ0) is 26.1. The van der Waals surface area contributed by atoms with Crippen LogP contribution in [0.3, 0.4) is 0 Å². The van der Waals surface area contributed by atoms with Crippen LogP contribution in [0, 0.1) is 5.92 Å². The molecule has 192 valence electrons. The third-order valence-electron chi connectivity index (χ3n) is 7.30. The van der Waals surface area contributed by atoms with Crippen LogP contribution in [0.1, 0.15) is 66.3 Å². The topological polar surface area (TPSA) is 115 Å². The molecule has 2 aromatic carbocycles. The van der Waals surface area contributed by atoms with Crippen molar-refractivity contribution in [2.24, 2.45) is 13.0 Å². The molecule has 9 heteroatoms. The fraction of sp³-hybridized carbons (Fsp3) is 0.393. The largest absolute Gasteiger partial charge is 0.467 e. The second-order valence-electron chi connectivity index (χ2n) is 9.83. The summed E-state index contributed by atoms with van der Waals surface area (Å²) in [5.74, 6) is 1.26. The summed E-state index contributed by atoms with van der Waals surface area (Å²) in [5, 5.41) is 15.9. The Morgan fingerprint density at radius 3 is 2.62 bits per heavy atom. The lowest BCUT2D eigenvalue weighted by atomic mass is 9.96. The summed E-state index contributed by atoms with van der Waals surface area (Å²) in [6.07, 6.45) is 5.76. The van der Waals surface area contributed by atoms with Crippen LogP contribution in [-0.4, -0.2) is 50.0 Å². The molecule has 1 amide bonds. The Morgan fingerprint density at radius 2 is 1.95 bits per heavy atom. The van der Waals surface area contributed by atoms with Crippen LogP contribution >= 0.6 is 0 Å². The van der Waals surface area contributed by atoms with E-state index in [0.717, 1.165) is 23.3 Å². The number of fused-ring (bicyclic) bond motifs is 1. The van der Waals surface area contributed by atoms with Crippen molar-refractivity contribution in [1.82, 2.24) is 30.3 Å². The standard InChI is InChI=1S/C28H32N6O3/c1-5-16(2)25(28(36)37-4)31-27(35)19-10-8-18(9-11-19)26-30-23(34(3)33-26)14-20-12-13-22-21(15-29-32-22)24(20)17-6-7-17/h8-13,15-17,25H,5-7,14H2,1-4H3,(H,29,32)(H,31,35)/t16-,25+/m1/s1. The van der Waals surface area contributed by atoms with E-state index < -0.39 is 12.0 Å². The number of aromatic amines is 1. The van der Waals surface area contributed by atoms with Gasteiger partial charge in [-0.2, -0.15) is 10.2 Å². The highest BCUT2D eigenvalue weighted by atomic mass is 16.5. The second kappa shape index (κ2) is 10.2. The summed E-state index contributed by atoms with van der Waals surface area (Å²) in [6, 6.07) is 10.7. The number of aromatic nitrogens is 5. The Bertz CT molecular complexity index is 1430. The smallest absolute Gasteiger partial charge is 0.328 e. The normalized spacial score (nSPS) is 14.9. The maximum absolute atomic E-state index is 12.8. The summed E-state index contributed by atoms with van der Waals surface area (Å²) in [4.78, 5) is 29.8. The molecule has 0 aliphatic heterocycles. The molecule has 2 heterocycles. The van der Waals surface area contributed by atoms with Crippen LogP contribution in [0.2, 0.25) is 0 Å². The lowest BCUT2D eigenvalue weighted by Gasteiger charge is -2.21. The first kappa shape index (κ1) is 24.7. The highest BCUT2D eigenvalue weighted by Gasteiger charge is 2.29. The molecule has 37 heavy (non-hydrogen) atoms. The molecule has 1 aliphatic carbocycles. The predicted octanol–water partition coefficient (Wildman–Crippen LogP) is 4.14. The number of carbonyl (C=O) groups is 2. The summed E-state index contributed by atoms with van der Waals surface area (Å²) in [5.41, 5.74) is 4.97. The third-order valence-corrected chi connectivity index (χ3v) is 7.30. The van der Waals surface area contributed by atoms with E-state index in [1.807, 2.05) is 43.9 Å². The molecule has 0 unspecified atom stereocenters. The molecular formula is C28H32N6O3. The number of carbonyl (C=O) groups excluding carboxylic acids is 2. The van der Waals surface area contributed by atoms with Crippen molar-refractivity contribution >= 4 is 22.8 Å². The average molecular weight is 501 g/mol. The average Bonchev–Trinajstić information content (AvgIpc) is 3.53. The van der Waals surface area contributed by atoms with Crippen molar-refractivity contribution < 1.29 is 14.3 Å². The van der Waals surface area contributed by atoms with Gasteiger partial charge in [0.1, 0.15) is 11.9 Å². The number of benzene rings is 2. The Morgan fingerprint density at radius 1 is 1.19 bits per heavy atom. The molecule has 2 N–H and O–H groups in total. The van der Waals surface area contributed by atoms with Crippen LogP contribution < -0.4 is 5.32 Å². The first-order valence-corrected chi connectivity index (χ1v) is 12.7. The molecule has 0 spiro atoms. The van der Waals surface area contributed by atoms with Gasteiger partial charge in [-0.3, -0.25) is 14.6 Å². The van der Waals surface area contributed by atoms with Gasteiger partial charge in [-0.15, -0.1) is 0 Å².